The minimum atomic E-state index is -0.180. The number of nitrogens with zero attached hydrogens (tertiary/aromatic N) is 3. The van der Waals surface area contributed by atoms with E-state index in [1.165, 1.54) is 11.0 Å². The van der Waals surface area contributed by atoms with Crippen molar-refractivity contribution in [3.8, 4) is 0 Å². The van der Waals surface area contributed by atoms with Crippen molar-refractivity contribution >= 4 is 23.2 Å². The topological polar surface area (TPSA) is 53.5 Å². The summed E-state index contributed by atoms with van der Waals surface area (Å²) in [5, 5.41) is 0. The quantitative estimate of drug-likeness (QED) is 0.797. The number of hydrogen-bond donors (Lipinski definition) is 0. The molecule has 0 atom stereocenters. The fourth-order valence-electron chi connectivity index (χ4n) is 2.36. The van der Waals surface area contributed by atoms with Crippen LogP contribution < -0.4 is 4.90 Å². The number of carbonyl (C=O) groups is 2. The molecule has 5 heteroatoms. The first-order valence-electron chi connectivity index (χ1n) is 6.86. The third kappa shape index (κ3) is 2.26. The Morgan fingerprint density at radius 1 is 1.14 bits per heavy atom. The lowest BCUT2D eigenvalue weighted by Gasteiger charge is -2.19. The predicted molar refractivity (Wildman–Crippen MR) is 84.2 cm³/mol. The average molecular weight is 293 g/mol. The summed E-state index contributed by atoms with van der Waals surface area (Å²) in [7, 11) is 3.35. The van der Waals surface area contributed by atoms with E-state index in [4.69, 9.17) is 0 Å². The molecule has 22 heavy (non-hydrogen) atoms. The third-order valence-electron chi connectivity index (χ3n) is 3.49. The first kappa shape index (κ1) is 14.0. The summed E-state index contributed by atoms with van der Waals surface area (Å²) in [6.07, 6.45) is 4.67. The molecule has 0 aliphatic carbocycles. The maximum absolute atomic E-state index is 12.7. The number of aromatic nitrogens is 1. The summed E-state index contributed by atoms with van der Waals surface area (Å²) in [5.74, 6) is -0.332. The van der Waals surface area contributed by atoms with Crippen LogP contribution in [0.25, 0.3) is 5.70 Å². The summed E-state index contributed by atoms with van der Waals surface area (Å²) in [6.45, 7) is 0. The number of likely N-dealkylation sites (N-methyl/N-ethyl adjacent to an activating group) is 1. The van der Waals surface area contributed by atoms with E-state index in [-0.39, 0.29) is 11.8 Å². The van der Waals surface area contributed by atoms with Gasteiger partial charge in [-0.1, -0.05) is 18.2 Å². The highest BCUT2D eigenvalue weighted by Crippen LogP contribution is 2.36. The van der Waals surface area contributed by atoms with Gasteiger partial charge in [0, 0.05) is 43.8 Å². The van der Waals surface area contributed by atoms with Gasteiger partial charge in [-0.25, -0.2) is 0 Å². The van der Waals surface area contributed by atoms with Crippen LogP contribution in [0.15, 0.2) is 54.9 Å². The number of benzene rings is 1. The number of carbonyl (C=O) groups excluding carboxylic acids is 2. The molecule has 0 saturated carbocycles. The van der Waals surface area contributed by atoms with E-state index in [1.54, 1.807) is 37.5 Å². The molecular formula is C17H15N3O2. The predicted octanol–water partition coefficient (Wildman–Crippen LogP) is 2.17. The van der Waals surface area contributed by atoms with Crippen molar-refractivity contribution in [1.29, 1.82) is 0 Å². The second-order valence-electron chi connectivity index (χ2n) is 5.16. The van der Waals surface area contributed by atoms with E-state index in [9.17, 15) is 9.59 Å². The molecule has 2 heterocycles. The number of hydrogen-bond acceptors (Lipinski definition) is 3. The largest absolute Gasteiger partial charge is 0.345 e. The van der Waals surface area contributed by atoms with Gasteiger partial charge in [0.25, 0.3) is 5.91 Å². The lowest BCUT2D eigenvalue weighted by molar-refractivity contribution is -0.123. The summed E-state index contributed by atoms with van der Waals surface area (Å²) in [4.78, 5) is 31.9. The minimum absolute atomic E-state index is 0.151. The molecule has 3 rings (SSSR count). The smallest absolute Gasteiger partial charge is 0.263 e. The molecule has 1 aromatic carbocycles. The van der Waals surface area contributed by atoms with Gasteiger partial charge in [0.1, 0.15) is 0 Å². The number of amides is 2. The van der Waals surface area contributed by atoms with Gasteiger partial charge in [-0.2, -0.15) is 0 Å². The summed E-state index contributed by atoms with van der Waals surface area (Å²) in [6, 6.07) is 10.9. The van der Waals surface area contributed by atoms with Gasteiger partial charge < -0.3 is 4.90 Å². The van der Waals surface area contributed by atoms with Gasteiger partial charge in [-0.15, -0.1) is 0 Å². The van der Waals surface area contributed by atoms with Crippen LogP contribution in [0, 0.1) is 0 Å². The molecule has 2 aromatic rings. The van der Waals surface area contributed by atoms with E-state index in [2.05, 4.69) is 4.98 Å². The van der Waals surface area contributed by atoms with E-state index in [0.717, 1.165) is 5.69 Å². The molecule has 0 radical (unpaired) electrons. The maximum Gasteiger partial charge on any atom is 0.263 e. The molecule has 0 fully saturated rings. The highest BCUT2D eigenvalue weighted by molar-refractivity contribution is 6.24. The Labute approximate surface area is 128 Å². The zero-order valence-corrected chi connectivity index (χ0v) is 12.4. The average Bonchev–Trinajstić information content (AvgIpc) is 2.81. The number of pyridine rings is 1. The van der Waals surface area contributed by atoms with Crippen LogP contribution in [0.4, 0.5) is 5.69 Å². The lowest BCUT2D eigenvalue weighted by atomic mass is 10.1. The highest BCUT2D eigenvalue weighted by Gasteiger charge is 2.34. The number of para-hydroxylation sites is 1. The van der Waals surface area contributed by atoms with Crippen molar-refractivity contribution in [1.82, 2.24) is 9.88 Å². The third-order valence-corrected chi connectivity index (χ3v) is 3.49. The van der Waals surface area contributed by atoms with Crippen molar-refractivity contribution in [3.63, 3.8) is 0 Å². The number of rotatable bonds is 2. The molecule has 0 saturated heterocycles. The van der Waals surface area contributed by atoms with E-state index in [0.29, 0.717) is 16.8 Å². The van der Waals surface area contributed by atoms with E-state index >= 15 is 0 Å². The first-order chi connectivity index (χ1) is 10.6. The summed E-state index contributed by atoms with van der Waals surface area (Å²) < 4.78 is 0. The van der Waals surface area contributed by atoms with Crippen LogP contribution in [0.1, 0.15) is 15.9 Å². The standard InChI is InChI=1S/C17H15N3O2/c1-19(2)16(21)10-15-14-11-18-9-8-13(14)17(22)20(15)12-6-4-3-5-7-12/h3-11H,1-2H3/b15-10+. The van der Waals surface area contributed by atoms with Crippen LogP contribution in [-0.4, -0.2) is 35.8 Å². The van der Waals surface area contributed by atoms with Crippen LogP contribution in [0.5, 0.6) is 0 Å². The molecule has 0 spiro atoms. The normalized spacial score (nSPS) is 15.1. The minimum Gasteiger partial charge on any atom is -0.345 e. The van der Waals surface area contributed by atoms with Crippen molar-refractivity contribution < 1.29 is 9.59 Å². The second kappa shape index (κ2) is 5.44. The zero-order valence-electron chi connectivity index (χ0n) is 12.4. The van der Waals surface area contributed by atoms with Crippen molar-refractivity contribution in [2.24, 2.45) is 0 Å². The Morgan fingerprint density at radius 3 is 2.55 bits per heavy atom. The Morgan fingerprint density at radius 2 is 1.86 bits per heavy atom. The second-order valence-corrected chi connectivity index (χ2v) is 5.16. The number of fused-ring (bicyclic) bond motifs is 1. The van der Waals surface area contributed by atoms with Gasteiger partial charge in [-0.3, -0.25) is 19.5 Å². The van der Waals surface area contributed by atoms with Crippen LogP contribution in [0.3, 0.4) is 0 Å². The highest BCUT2D eigenvalue weighted by atomic mass is 16.2. The fourth-order valence-corrected chi connectivity index (χ4v) is 2.36. The molecule has 110 valence electrons. The lowest BCUT2D eigenvalue weighted by Crippen LogP contribution is -2.25. The molecule has 2 amide bonds. The van der Waals surface area contributed by atoms with Crippen LogP contribution in [0.2, 0.25) is 0 Å². The molecule has 0 unspecified atom stereocenters. The van der Waals surface area contributed by atoms with Crippen LogP contribution in [-0.2, 0) is 4.79 Å². The molecule has 0 N–H and O–H groups in total. The number of anilines is 1. The summed E-state index contributed by atoms with van der Waals surface area (Å²) >= 11 is 0. The van der Waals surface area contributed by atoms with Gasteiger partial charge in [-0.05, 0) is 18.2 Å². The zero-order chi connectivity index (χ0) is 15.7. The van der Waals surface area contributed by atoms with Crippen molar-refractivity contribution in [2.45, 2.75) is 0 Å². The molecule has 5 nitrogen and oxygen atoms in total. The van der Waals surface area contributed by atoms with Gasteiger partial charge in [0.05, 0.1) is 11.3 Å². The molecule has 1 aromatic heterocycles. The Hall–Kier alpha value is -2.95. The summed E-state index contributed by atoms with van der Waals surface area (Å²) in [5.41, 5.74) is 2.50. The SMILES string of the molecule is CN(C)C(=O)/C=C1\c2cnccc2C(=O)N1c1ccccc1. The van der Waals surface area contributed by atoms with E-state index in [1.807, 2.05) is 30.3 Å². The van der Waals surface area contributed by atoms with Gasteiger partial charge >= 0.3 is 0 Å². The maximum atomic E-state index is 12.7. The fraction of sp³-hybridized carbons (Fsp3) is 0.118. The molecule has 0 bridgehead atoms. The van der Waals surface area contributed by atoms with E-state index < -0.39 is 0 Å². The first-order valence-corrected chi connectivity index (χ1v) is 6.86. The molecule has 1 aliphatic rings. The van der Waals surface area contributed by atoms with Crippen molar-refractivity contribution in [2.75, 3.05) is 19.0 Å². The Balaban J connectivity index is 2.17. The Kier molecular flexibility index (Phi) is 3.47. The van der Waals surface area contributed by atoms with Gasteiger partial charge in [0.2, 0.25) is 5.91 Å². The van der Waals surface area contributed by atoms with Gasteiger partial charge in [0.15, 0.2) is 0 Å². The monoisotopic (exact) mass is 293 g/mol. The molecule has 1 aliphatic heterocycles. The van der Waals surface area contributed by atoms with Crippen molar-refractivity contribution in [3.05, 3.63) is 66.0 Å². The molecular weight excluding hydrogens is 278 g/mol. The van der Waals surface area contributed by atoms with Crippen LogP contribution >= 0.6 is 0 Å². The Bertz CT molecular complexity index is 766.